The number of rotatable bonds is 10. The minimum absolute atomic E-state index is 0.262. The van der Waals surface area contributed by atoms with Gasteiger partial charge in [0.25, 0.3) is 0 Å². The van der Waals surface area contributed by atoms with E-state index in [1.807, 2.05) is 0 Å². The summed E-state index contributed by atoms with van der Waals surface area (Å²) in [6, 6.07) is -1.01. The molecule has 0 saturated carbocycles. The first-order valence-corrected chi connectivity index (χ1v) is 8.67. The fraction of sp³-hybridized carbons (Fsp3) is 0.867. The number of esters is 2. The van der Waals surface area contributed by atoms with Crippen molar-refractivity contribution in [2.24, 2.45) is 0 Å². The molecule has 0 aromatic rings. The maximum absolute atomic E-state index is 12.2. The molecule has 0 spiro atoms. The largest absolute Gasteiger partial charge is 0.468 e. The average molecular weight is 373 g/mol. The van der Waals surface area contributed by atoms with Crippen molar-refractivity contribution in [1.29, 1.82) is 0 Å². The smallest absolute Gasteiger partial charge is 0.441 e. The van der Waals surface area contributed by atoms with Crippen LogP contribution in [0.4, 0.5) is 13.2 Å². The molecule has 0 heterocycles. The summed E-state index contributed by atoms with van der Waals surface area (Å²) in [5, 5.41) is 2.76. The van der Waals surface area contributed by atoms with Crippen molar-refractivity contribution in [1.82, 2.24) is 5.32 Å². The molecular formula is C15H26F3NO4S. The Bertz CT molecular complexity index is 397. The number of ether oxygens (including phenoxy) is 2. The van der Waals surface area contributed by atoms with E-state index in [1.165, 1.54) is 0 Å². The highest BCUT2D eigenvalue weighted by Gasteiger charge is 2.31. The van der Waals surface area contributed by atoms with Gasteiger partial charge in [0.05, 0.1) is 7.11 Å². The molecule has 0 radical (unpaired) electrons. The van der Waals surface area contributed by atoms with Gasteiger partial charge >= 0.3 is 17.4 Å². The van der Waals surface area contributed by atoms with Crippen LogP contribution in [0.25, 0.3) is 0 Å². The average Bonchev–Trinajstić information content (AvgIpc) is 2.41. The van der Waals surface area contributed by atoms with E-state index in [1.54, 1.807) is 20.8 Å². The quantitative estimate of drug-likeness (QED) is 0.468. The molecule has 0 bridgehead atoms. The number of carbonyl (C=O) groups excluding carboxylic acids is 2. The second kappa shape index (κ2) is 10.8. The Morgan fingerprint density at radius 1 is 1.12 bits per heavy atom. The Morgan fingerprint density at radius 2 is 1.75 bits per heavy atom. The van der Waals surface area contributed by atoms with Crippen molar-refractivity contribution in [2.45, 2.75) is 63.6 Å². The van der Waals surface area contributed by atoms with E-state index in [0.717, 1.165) is 7.11 Å². The summed E-state index contributed by atoms with van der Waals surface area (Å²) in [4.78, 5) is 22.9. The SMILES string of the molecule is COC(=O)[C@H](CSC(F)(F)F)NCCCCCC(=O)OC(C)(C)C. The van der Waals surface area contributed by atoms with Crippen LogP contribution in [-0.2, 0) is 19.1 Å². The Hall–Kier alpha value is -0.960. The van der Waals surface area contributed by atoms with Gasteiger partial charge < -0.3 is 14.8 Å². The fourth-order valence-corrected chi connectivity index (χ4v) is 2.38. The van der Waals surface area contributed by atoms with E-state index in [-0.39, 0.29) is 17.7 Å². The summed E-state index contributed by atoms with van der Waals surface area (Å²) in [6.45, 7) is 5.74. The summed E-state index contributed by atoms with van der Waals surface area (Å²) in [6.07, 6.45) is 2.25. The van der Waals surface area contributed by atoms with Crippen LogP contribution in [0.2, 0.25) is 0 Å². The number of thioether (sulfide) groups is 1. The van der Waals surface area contributed by atoms with Gasteiger partial charge in [-0.05, 0) is 51.9 Å². The number of hydrogen-bond acceptors (Lipinski definition) is 6. The Kier molecular flexibility index (Phi) is 10.4. The van der Waals surface area contributed by atoms with Crippen LogP contribution in [0, 0.1) is 0 Å². The number of alkyl halides is 3. The Morgan fingerprint density at radius 3 is 2.25 bits per heavy atom. The van der Waals surface area contributed by atoms with E-state index in [0.29, 0.717) is 32.2 Å². The van der Waals surface area contributed by atoms with Crippen molar-refractivity contribution in [2.75, 3.05) is 19.4 Å². The lowest BCUT2D eigenvalue weighted by Crippen LogP contribution is -2.40. The first-order chi connectivity index (χ1) is 10.9. The van der Waals surface area contributed by atoms with E-state index in [9.17, 15) is 22.8 Å². The van der Waals surface area contributed by atoms with Crippen molar-refractivity contribution in [3.05, 3.63) is 0 Å². The molecule has 0 aromatic carbocycles. The summed E-state index contributed by atoms with van der Waals surface area (Å²) >= 11 is -0.262. The predicted molar refractivity (Wildman–Crippen MR) is 86.6 cm³/mol. The van der Waals surface area contributed by atoms with Crippen LogP contribution in [0.15, 0.2) is 0 Å². The molecule has 0 aliphatic heterocycles. The van der Waals surface area contributed by atoms with Gasteiger partial charge in [-0.1, -0.05) is 6.42 Å². The molecule has 24 heavy (non-hydrogen) atoms. The highest BCUT2D eigenvalue weighted by atomic mass is 32.2. The van der Waals surface area contributed by atoms with Gasteiger partial charge in [0, 0.05) is 12.2 Å². The van der Waals surface area contributed by atoms with Crippen LogP contribution in [0.3, 0.4) is 0 Å². The first kappa shape index (κ1) is 23.0. The lowest BCUT2D eigenvalue weighted by Gasteiger charge is -2.19. The minimum atomic E-state index is -4.39. The Labute approximate surface area is 145 Å². The molecule has 9 heteroatoms. The molecule has 0 unspecified atom stereocenters. The van der Waals surface area contributed by atoms with Crippen LogP contribution < -0.4 is 5.32 Å². The number of halogens is 3. The summed E-state index contributed by atoms with van der Waals surface area (Å²) < 4.78 is 46.3. The zero-order valence-corrected chi connectivity index (χ0v) is 15.3. The molecule has 5 nitrogen and oxygen atoms in total. The van der Waals surface area contributed by atoms with E-state index in [4.69, 9.17) is 4.74 Å². The van der Waals surface area contributed by atoms with Gasteiger partial charge in [-0.3, -0.25) is 9.59 Å². The highest BCUT2D eigenvalue weighted by Crippen LogP contribution is 2.30. The third-order valence-corrected chi connectivity index (χ3v) is 3.60. The third-order valence-electron chi connectivity index (χ3n) is 2.77. The van der Waals surface area contributed by atoms with Gasteiger partial charge in [-0.2, -0.15) is 13.2 Å². The molecule has 1 atom stereocenters. The maximum atomic E-state index is 12.2. The van der Waals surface area contributed by atoms with E-state index >= 15 is 0 Å². The molecule has 1 N–H and O–H groups in total. The lowest BCUT2D eigenvalue weighted by molar-refractivity contribution is -0.155. The molecule has 0 rings (SSSR count). The van der Waals surface area contributed by atoms with E-state index < -0.39 is 28.9 Å². The fourth-order valence-electron chi connectivity index (χ4n) is 1.77. The normalized spacial score (nSPS) is 13.5. The molecule has 0 amide bonds. The zero-order chi connectivity index (χ0) is 18.8. The lowest BCUT2D eigenvalue weighted by atomic mass is 10.1. The van der Waals surface area contributed by atoms with Crippen LogP contribution >= 0.6 is 11.8 Å². The van der Waals surface area contributed by atoms with Crippen molar-refractivity contribution >= 4 is 23.7 Å². The van der Waals surface area contributed by atoms with Crippen LogP contribution in [0.5, 0.6) is 0 Å². The molecular weight excluding hydrogens is 347 g/mol. The van der Waals surface area contributed by atoms with Gasteiger partial charge in [0.1, 0.15) is 11.6 Å². The van der Waals surface area contributed by atoms with Crippen molar-refractivity contribution in [3.8, 4) is 0 Å². The van der Waals surface area contributed by atoms with Crippen LogP contribution in [-0.4, -0.2) is 48.5 Å². The number of nitrogens with one attached hydrogen (secondary N) is 1. The number of methoxy groups -OCH3 is 1. The standard InChI is InChI=1S/C15H26F3NO4S/c1-14(2,3)23-12(20)8-6-5-7-9-19-11(13(21)22-4)10-24-15(16,17)18/h11,19H,5-10H2,1-4H3/t11-/m0/s1. The number of hydrogen-bond donors (Lipinski definition) is 1. The molecule has 0 aliphatic carbocycles. The van der Waals surface area contributed by atoms with Gasteiger partial charge in [-0.15, -0.1) is 0 Å². The Balaban J connectivity index is 3.95. The van der Waals surface area contributed by atoms with Gasteiger partial charge in [-0.25, -0.2) is 0 Å². The molecule has 0 fully saturated rings. The molecule has 0 aromatic heterocycles. The van der Waals surface area contributed by atoms with Crippen molar-refractivity contribution in [3.63, 3.8) is 0 Å². The van der Waals surface area contributed by atoms with E-state index in [2.05, 4.69) is 10.1 Å². The number of carbonyl (C=O) groups is 2. The molecule has 0 saturated heterocycles. The monoisotopic (exact) mass is 373 g/mol. The van der Waals surface area contributed by atoms with Crippen molar-refractivity contribution < 1.29 is 32.2 Å². The highest BCUT2D eigenvalue weighted by molar-refractivity contribution is 8.00. The predicted octanol–water partition coefficient (Wildman–Crippen LogP) is 3.27. The van der Waals surface area contributed by atoms with Gasteiger partial charge in [0.15, 0.2) is 0 Å². The second-order valence-electron chi connectivity index (χ2n) is 6.18. The summed E-state index contributed by atoms with van der Waals surface area (Å²) in [5.74, 6) is -1.43. The topological polar surface area (TPSA) is 64.6 Å². The summed E-state index contributed by atoms with van der Waals surface area (Å²) in [5.41, 5.74) is -4.90. The minimum Gasteiger partial charge on any atom is -0.468 e. The van der Waals surface area contributed by atoms with Gasteiger partial charge in [0.2, 0.25) is 0 Å². The maximum Gasteiger partial charge on any atom is 0.441 e. The third kappa shape index (κ3) is 13.5. The molecule has 0 aliphatic rings. The zero-order valence-electron chi connectivity index (χ0n) is 14.5. The first-order valence-electron chi connectivity index (χ1n) is 7.68. The number of unbranched alkanes of at least 4 members (excludes halogenated alkanes) is 2. The summed E-state index contributed by atoms with van der Waals surface area (Å²) in [7, 11) is 1.14. The second-order valence-corrected chi connectivity index (χ2v) is 7.27. The molecule has 142 valence electrons. The van der Waals surface area contributed by atoms with Crippen LogP contribution in [0.1, 0.15) is 46.5 Å².